The molecule has 2 atom stereocenters. The van der Waals surface area contributed by atoms with Crippen LogP contribution in [0.4, 0.5) is 4.79 Å². The summed E-state index contributed by atoms with van der Waals surface area (Å²) in [5, 5.41) is 4.07. The maximum atomic E-state index is 12.2. The molecule has 0 radical (unpaired) electrons. The zero-order valence-corrected chi connectivity index (χ0v) is 17.5. The van der Waals surface area contributed by atoms with Crippen LogP contribution in [-0.4, -0.2) is 35.8 Å². The van der Waals surface area contributed by atoms with Gasteiger partial charge in [-0.05, 0) is 68.7 Å². The van der Waals surface area contributed by atoms with Crippen molar-refractivity contribution in [3.8, 4) is 17.1 Å². The molecule has 0 bridgehead atoms. The Kier molecular flexibility index (Phi) is 5.79. The number of unbranched alkanes of at least 4 members (excludes halogenated alkanes) is 1. The van der Waals surface area contributed by atoms with Gasteiger partial charge in [0.2, 0.25) is 0 Å². The highest BCUT2D eigenvalue weighted by molar-refractivity contribution is 5.68. The Morgan fingerprint density at radius 1 is 1.21 bits per heavy atom. The van der Waals surface area contributed by atoms with Crippen molar-refractivity contribution >= 4 is 6.09 Å². The van der Waals surface area contributed by atoms with E-state index < -0.39 is 0 Å². The van der Waals surface area contributed by atoms with Crippen molar-refractivity contribution in [1.29, 1.82) is 0 Å². The third-order valence-electron chi connectivity index (χ3n) is 6.10. The number of hydrogen-bond acceptors (Lipinski definition) is 5. The van der Waals surface area contributed by atoms with Crippen LogP contribution in [0.2, 0.25) is 0 Å². The van der Waals surface area contributed by atoms with Crippen LogP contribution in [-0.2, 0) is 11.3 Å². The molecule has 1 heterocycles. The first-order chi connectivity index (χ1) is 14.0. The Labute approximate surface area is 172 Å². The summed E-state index contributed by atoms with van der Waals surface area (Å²) in [4.78, 5) is 13.8. The molecule has 6 heteroatoms. The second kappa shape index (κ2) is 8.47. The average Bonchev–Trinajstić information content (AvgIpc) is 3.16. The van der Waals surface area contributed by atoms with E-state index in [0.29, 0.717) is 18.4 Å². The Bertz CT molecular complexity index is 835. The third-order valence-corrected chi connectivity index (χ3v) is 6.10. The molecule has 2 saturated carbocycles. The Hall–Kier alpha value is -2.50. The molecule has 1 amide bonds. The predicted molar refractivity (Wildman–Crippen MR) is 110 cm³/mol. The first-order valence-corrected chi connectivity index (χ1v) is 10.6. The fraction of sp³-hybridized carbons (Fsp3) is 0.565. The minimum atomic E-state index is -0.330. The maximum absolute atomic E-state index is 12.2. The van der Waals surface area contributed by atoms with Crippen LogP contribution in [0.25, 0.3) is 11.3 Å². The molecule has 2 aromatic rings. The summed E-state index contributed by atoms with van der Waals surface area (Å²) in [5.74, 6) is 3.34. The number of amides is 1. The molecule has 1 aromatic carbocycles. The van der Waals surface area contributed by atoms with Crippen LogP contribution < -0.4 is 4.74 Å². The Morgan fingerprint density at radius 3 is 2.62 bits per heavy atom. The molecule has 1 aromatic heterocycles. The van der Waals surface area contributed by atoms with Crippen molar-refractivity contribution in [2.75, 3.05) is 13.6 Å². The number of ether oxygens (including phenoxy) is 2. The second-order valence-electron chi connectivity index (χ2n) is 8.40. The number of aromatic nitrogens is 1. The van der Waals surface area contributed by atoms with E-state index >= 15 is 0 Å². The lowest BCUT2D eigenvalue weighted by atomic mass is 10.1. The van der Waals surface area contributed by atoms with Gasteiger partial charge in [-0.1, -0.05) is 18.5 Å². The molecule has 2 aliphatic rings. The van der Waals surface area contributed by atoms with Crippen molar-refractivity contribution in [2.45, 2.75) is 58.7 Å². The molecule has 4 rings (SSSR count). The maximum Gasteiger partial charge on any atom is 0.409 e. The standard InChI is InChI=1S/C23H30N2O4/c1-4-5-10-25(3)23(26)27-14-21-15(2)24-29-22(21)16-6-8-19(9-7-16)28-20-12-17-11-18(17)13-20/h6-9,17-18,20H,4-5,10-14H2,1-3H3. The average molecular weight is 399 g/mol. The van der Waals surface area contributed by atoms with Gasteiger partial charge in [-0.2, -0.15) is 0 Å². The first-order valence-electron chi connectivity index (χ1n) is 10.6. The van der Waals surface area contributed by atoms with Gasteiger partial charge in [0.15, 0.2) is 5.76 Å². The van der Waals surface area contributed by atoms with Crippen LogP contribution in [0.3, 0.4) is 0 Å². The summed E-state index contributed by atoms with van der Waals surface area (Å²) < 4.78 is 17.1. The van der Waals surface area contributed by atoms with Crippen LogP contribution in [0.5, 0.6) is 5.75 Å². The van der Waals surface area contributed by atoms with Crippen molar-refractivity contribution in [2.24, 2.45) is 11.8 Å². The SMILES string of the molecule is CCCCN(C)C(=O)OCc1c(C)noc1-c1ccc(OC2CC3CC3C2)cc1. The highest BCUT2D eigenvalue weighted by Crippen LogP contribution is 2.52. The molecule has 2 fully saturated rings. The van der Waals surface area contributed by atoms with E-state index in [1.165, 1.54) is 19.3 Å². The minimum absolute atomic E-state index is 0.142. The molecule has 0 spiro atoms. The summed E-state index contributed by atoms with van der Waals surface area (Å²) in [7, 11) is 1.76. The lowest BCUT2D eigenvalue weighted by molar-refractivity contribution is 0.104. The number of nitrogens with zero attached hydrogens (tertiary/aromatic N) is 2. The lowest BCUT2D eigenvalue weighted by Gasteiger charge is -2.16. The molecule has 0 saturated heterocycles. The number of rotatable bonds is 8. The number of aryl methyl sites for hydroxylation is 1. The number of carbonyl (C=O) groups is 1. The van der Waals surface area contributed by atoms with E-state index in [9.17, 15) is 4.79 Å². The molecular weight excluding hydrogens is 368 g/mol. The van der Waals surface area contributed by atoms with E-state index in [0.717, 1.165) is 47.2 Å². The smallest absolute Gasteiger partial charge is 0.409 e. The van der Waals surface area contributed by atoms with Gasteiger partial charge < -0.3 is 18.9 Å². The van der Waals surface area contributed by atoms with E-state index in [1.54, 1.807) is 11.9 Å². The topological polar surface area (TPSA) is 64.8 Å². The predicted octanol–water partition coefficient (Wildman–Crippen LogP) is 5.20. The van der Waals surface area contributed by atoms with Gasteiger partial charge in [-0.25, -0.2) is 4.79 Å². The van der Waals surface area contributed by atoms with Gasteiger partial charge in [0.1, 0.15) is 12.4 Å². The van der Waals surface area contributed by atoms with Crippen LogP contribution in [0, 0.1) is 18.8 Å². The normalized spacial score (nSPS) is 22.2. The Morgan fingerprint density at radius 2 is 1.93 bits per heavy atom. The summed E-state index contributed by atoms with van der Waals surface area (Å²) >= 11 is 0. The van der Waals surface area contributed by atoms with Gasteiger partial charge in [0.25, 0.3) is 0 Å². The highest BCUT2D eigenvalue weighted by Gasteiger charge is 2.46. The molecule has 0 N–H and O–H groups in total. The van der Waals surface area contributed by atoms with Crippen molar-refractivity contribution in [1.82, 2.24) is 10.1 Å². The van der Waals surface area contributed by atoms with Gasteiger partial charge in [-0.3, -0.25) is 0 Å². The largest absolute Gasteiger partial charge is 0.490 e. The minimum Gasteiger partial charge on any atom is -0.490 e. The quantitative estimate of drug-likeness (QED) is 0.612. The number of hydrogen-bond donors (Lipinski definition) is 0. The lowest BCUT2D eigenvalue weighted by Crippen LogP contribution is -2.28. The summed E-state index contributed by atoms with van der Waals surface area (Å²) in [6.45, 7) is 4.79. The van der Waals surface area contributed by atoms with Gasteiger partial charge in [0.05, 0.1) is 17.4 Å². The molecule has 2 unspecified atom stereocenters. The van der Waals surface area contributed by atoms with Crippen LogP contribution in [0.1, 0.15) is 50.3 Å². The number of carbonyl (C=O) groups excluding carboxylic acids is 1. The molecular formula is C23H30N2O4. The monoisotopic (exact) mass is 398 g/mol. The van der Waals surface area contributed by atoms with Crippen molar-refractivity contribution < 1.29 is 18.8 Å². The van der Waals surface area contributed by atoms with Gasteiger partial charge in [0, 0.05) is 19.2 Å². The summed E-state index contributed by atoms with van der Waals surface area (Å²) in [5.41, 5.74) is 2.43. The molecule has 2 aliphatic carbocycles. The summed E-state index contributed by atoms with van der Waals surface area (Å²) in [6.07, 6.45) is 5.80. The van der Waals surface area contributed by atoms with Crippen LogP contribution in [0.15, 0.2) is 28.8 Å². The number of benzene rings is 1. The fourth-order valence-electron chi connectivity index (χ4n) is 4.15. The van der Waals surface area contributed by atoms with E-state index in [4.69, 9.17) is 14.0 Å². The highest BCUT2D eigenvalue weighted by atomic mass is 16.6. The Balaban J connectivity index is 1.38. The number of fused-ring (bicyclic) bond motifs is 1. The van der Waals surface area contributed by atoms with E-state index in [2.05, 4.69) is 12.1 Å². The van der Waals surface area contributed by atoms with Gasteiger partial charge >= 0.3 is 6.09 Å². The molecule has 29 heavy (non-hydrogen) atoms. The van der Waals surface area contributed by atoms with E-state index in [1.807, 2.05) is 31.2 Å². The molecule has 0 aliphatic heterocycles. The van der Waals surface area contributed by atoms with Crippen molar-refractivity contribution in [3.05, 3.63) is 35.5 Å². The molecule has 156 valence electrons. The zero-order chi connectivity index (χ0) is 20.4. The molecule has 6 nitrogen and oxygen atoms in total. The van der Waals surface area contributed by atoms with E-state index in [-0.39, 0.29) is 12.7 Å². The van der Waals surface area contributed by atoms with Gasteiger partial charge in [-0.15, -0.1) is 0 Å². The third kappa shape index (κ3) is 4.57. The van der Waals surface area contributed by atoms with Crippen molar-refractivity contribution in [3.63, 3.8) is 0 Å². The zero-order valence-electron chi connectivity index (χ0n) is 17.5. The summed E-state index contributed by atoms with van der Waals surface area (Å²) in [6, 6.07) is 7.91. The fourth-order valence-corrected chi connectivity index (χ4v) is 4.15. The second-order valence-corrected chi connectivity index (χ2v) is 8.40. The first kappa shape index (κ1) is 19.8. The van der Waals surface area contributed by atoms with Crippen LogP contribution >= 0.6 is 0 Å².